The Morgan fingerprint density at radius 1 is 1.05 bits per heavy atom. The third-order valence-electron chi connectivity index (χ3n) is 4.12. The molecule has 2 nitrogen and oxygen atoms in total. The van der Waals surface area contributed by atoms with Gasteiger partial charge >= 0.3 is 0 Å². The Labute approximate surface area is 124 Å². The number of hydrogen-bond donors (Lipinski definition) is 1. The predicted octanol–water partition coefficient (Wildman–Crippen LogP) is 3.32. The van der Waals surface area contributed by atoms with Gasteiger partial charge in [0.1, 0.15) is 0 Å². The number of thiophene rings is 1. The van der Waals surface area contributed by atoms with E-state index in [0.717, 1.165) is 38.9 Å². The van der Waals surface area contributed by atoms with E-state index in [-0.39, 0.29) is 0 Å². The maximum absolute atomic E-state index is 10.7. The molecule has 20 heavy (non-hydrogen) atoms. The lowest BCUT2D eigenvalue weighted by molar-refractivity contribution is -0.0222. The third kappa shape index (κ3) is 3.48. The molecule has 106 valence electrons. The van der Waals surface area contributed by atoms with Crippen LogP contribution < -0.4 is 0 Å². The zero-order valence-corrected chi connectivity index (χ0v) is 12.5. The summed E-state index contributed by atoms with van der Waals surface area (Å²) >= 11 is 1.81. The Morgan fingerprint density at radius 3 is 2.45 bits per heavy atom. The van der Waals surface area contributed by atoms with Gasteiger partial charge in [0.25, 0.3) is 0 Å². The molecule has 1 fully saturated rings. The van der Waals surface area contributed by atoms with Crippen LogP contribution in [-0.4, -0.2) is 28.7 Å². The molecule has 0 aliphatic carbocycles. The molecule has 0 bridgehead atoms. The minimum absolute atomic E-state index is 0.521. The van der Waals surface area contributed by atoms with Crippen molar-refractivity contribution in [2.45, 2.75) is 31.4 Å². The Kier molecular flexibility index (Phi) is 4.20. The molecular formula is C17H21NOS. The number of hydrogen-bond acceptors (Lipinski definition) is 3. The average Bonchev–Trinajstić information content (AvgIpc) is 2.96. The number of benzene rings is 1. The van der Waals surface area contributed by atoms with Crippen molar-refractivity contribution in [3.63, 3.8) is 0 Å². The molecule has 0 unspecified atom stereocenters. The van der Waals surface area contributed by atoms with E-state index in [1.165, 1.54) is 10.4 Å². The first-order valence-corrected chi connectivity index (χ1v) is 8.13. The first-order valence-electron chi connectivity index (χ1n) is 7.25. The van der Waals surface area contributed by atoms with Gasteiger partial charge in [0.2, 0.25) is 0 Å². The Morgan fingerprint density at radius 2 is 1.80 bits per heavy atom. The van der Waals surface area contributed by atoms with E-state index in [2.05, 4.69) is 34.5 Å². The normalized spacial score (nSPS) is 19.1. The maximum atomic E-state index is 10.7. The summed E-state index contributed by atoms with van der Waals surface area (Å²) < 4.78 is 0. The molecule has 1 saturated heterocycles. The van der Waals surface area contributed by atoms with Crippen LogP contribution in [0.25, 0.3) is 0 Å². The highest BCUT2D eigenvalue weighted by Gasteiger charge is 2.32. The summed E-state index contributed by atoms with van der Waals surface area (Å²) in [4.78, 5) is 3.86. The Balaban J connectivity index is 1.54. The van der Waals surface area contributed by atoms with E-state index in [1.807, 2.05) is 29.5 Å². The first kappa shape index (κ1) is 13.8. The van der Waals surface area contributed by atoms with Crippen molar-refractivity contribution in [3.8, 4) is 0 Å². The second kappa shape index (κ2) is 6.08. The summed E-state index contributed by atoms with van der Waals surface area (Å²) in [5.41, 5.74) is 0.717. The van der Waals surface area contributed by atoms with Gasteiger partial charge in [0.15, 0.2) is 0 Å². The molecule has 3 heteroatoms. The highest BCUT2D eigenvalue weighted by molar-refractivity contribution is 7.09. The van der Waals surface area contributed by atoms with Crippen LogP contribution in [0.4, 0.5) is 0 Å². The van der Waals surface area contributed by atoms with Crippen molar-refractivity contribution in [1.82, 2.24) is 4.90 Å². The molecule has 1 aliphatic heterocycles. The van der Waals surface area contributed by atoms with E-state index in [0.29, 0.717) is 0 Å². The maximum Gasteiger partial charge on any atom is 0.0712 e. The van der Waals surface area contributed by atoms with Crippen LogP contribution in [0.1, 0.15) is 23.3 Å². The highest BCUT2D eigenvalue weighted by atomic mass is 32.1. The van der Waals surface area contributed by atoms with E-state index in [9.17, 15) is 5.11 Å². The number of nitrogens with zero attached hydrogens (tertiary/aromatic N) is 1. The van der Waals surface area contributed by atoms with Crippen molar-refractivity contribution < 1.29 is 5.11 Å². The fourth-order valence-electron chi connectivity index (χ4n) is 2.90. The summed E-state index contributed by atoms with van der Waals surface area (Å²) in [6, 6.07) is 14.6. The van der Waals surface area contributed by atoms with Crippen LogP contribution in [0.15, 0.2) is 47.8 Å². The zero-order valence-electron chi connectivity index (χ0n) is 11.7. The topological polar surface area (TPSA) is 23.5 Å². The van der Waals surface area contributed by atoms with Gasteiger partial charge in [-0.15, -0.1) is 11.3 Å². The molecule has 2 heterocycles. The van der Waals surface area contributed by atoms with Crippen molar-refractivity contribution >= 4 is 11.3 Å². The first-order chi connectivity index (χ1) is 9.73. The standard InChI is InChI=1S/C17H21NOS/c19-17(13-15-5-2-1-3-6-15)8-10-18(11-9-17)14-16-7-4-12-20-16/h1-7,12,19H,8-11,13-14H2. The summed E-state index contributed by atoms with van der Waals surface area (Å²) in [5, 5.41) is 12.9. The largest absolute Gasteiger partial charge is 0.389 e. The SMILES string of the molecule is OC1(Cc2ccccc2)CCN(Cc2cccs2)CC1. The monoisotopic (exact) mass is 287 g/mol. The van der Waals surface area contributed by atoms with Crippen LogP contribution in [0.3, 0.4) is 0 Å². The average molecular weight is 287 g/mol. The van der Waals surface area contributed by atoms with Crippen molar-refractivity contribution in [3.05, 3.63) is 58.3 Å². The van der Waals surface area contributed by atoms with Gasteiger partial charge < -0.3 is 5.11 Å². The molecule has 0 spiro atoms. The molecule has 2 aromatic rings. The van der Waals surface area contributed by atoms with Gasteiger partial charge in [0, 0.05) is 30.9 Å². The molecular weight excluding hydrogens is 266 g/mol. The van der Waals surface area contributed by atoms with Crippen LogP contribution in [0, 0.1) is 0 Å². The molecule has 0 saturated carbocycles. The van der Waals surface area contributed by atoms with Crippen molar-refractivity contribution in [1.29, 1.82) is 0 Å². The third-order valence-corrected chi connectivity index (χ3v) is 4.98. The summed E-state index contributed by atoms with van der Waals surface area (Å²) in [6.45, 7) is 3.00. The number of rotatable bonds is 4. The number of piperidine rings is 1. The van der Waals surface area contributed by atoms with Crippen LogP contribution in [-0.2, 0) is 13.0 Å². The second-order valence-electron chi connectivity index (χ2n) is 5.74. The van der Waals surface area contributed by atoms with E-state index < -0.39 is 5.60 Å². The summed E-state index contributed by atoms with van der Waals surface area (Å²) in [6.07, 6.45) is 2.52. The smallest absolute Gasteiger partial charge is 0.0712 e. The van der Waals surface area contributed by atoms with Crippen LogP contribution in [0.2, 0.25) is 0 Å². The van der Waals surface area contributed by atoms with E-state index in [4.69, 9.17) is 0 Å². The Bertz CT molecular complexity index is 515. The van der Waals surface area contributed by atoms with E-state index >= 15 is 0 Å². The van der Waals surface area contributed by atoms with Crippen molar-refractivity contribution in [2.24, 2.45) is 0 Å². The molecule has 0 atom stereocenters. The fourth-order valence-corrected chi connectivity index (χ4v) is 3.65. The molecule has 1 aromatic carbocycles. The zero-order chi connectivity index (χ0) is 13.8. The molecule has 1 aliphatic rings. The summed E-state index contributed by atoms with van der Waals surface area (Å²) in [7, 11) is 0. The molecule has 0 radical (unpaired) electrons. The number of aliphatic hydroxyl groups is 1. The van der Waals surface area contributed by atoms with Gasteiger partial charge in [0.05, 0.1) is 5.60 Å². The van der Waals surface area contributed by atoms with Crippen LogP contribution >= 0.6 is 11.3 Å². The minimum Gasteiger partial charge on any atom is -0.389 e. The Hall–Kier alpha value is -1.16. The molecule has 0 amide bonds. The lowest BCUT2D eigenvalue weighted by Gasteiger charge is -2.38. The quantitative estimate of drug-likeness (QED) is 0.932. The lowest BCUT2D eigenvalue weighted by atomic mass is 9.85. The minimum atomic E-state index is -0.521. The predicted molar refractivity (Wildman–Crippen MR) is 83.9 cm³/mol. The van der Waals surface area contributed by atoms with E-state index in [1.54, 1.807) is 0 Å². The second-order valence-corrected chi connectivity index (χ2v) is 6.77. The molecule has 1 aromatic heterocycles. The van der Waals surface area contributed by atoms with Crippen LogP contribution in [0.5, 0.6) is 0 Å². The molecule has 1 N–H and O–H groups in total. The fraction of sp³-hybridized carbons (Fsp3) is 0.412. The lowest BCUT2D eigenvalue weighted by Crippen LogP contribution is -2.45. The highest BCUT2D eigenvalue weighted by Crippen LogP contribution is 2.27. The summed E-state index contributed by atoms with van der Waals surface area (Å²) in [5.74, 6) is 0. The molecule has 3 rings (SSSR count). The van der Waals surface area contributed by atoms with Gasteiger partial charge in [-0.25, -0.2) is 0 Å². The van der Waals surface area contributed by atoms with Gasteiger partial charge in [-0.3, -0.25) is 4.90 Å². The van der Waals surface area contributed by atoms with Crippen molar-refractivity contribution in [2.75, 3.05) is 13.1 Å². The van der Waals surface area contributed by atoms with Gasteiger partial charge in [-0.05, 0) is 29.9 Å². The van der Waals surface area contributed by atoms with Gasteiger partial charge in [-0.2, -0.15) is 0 Å². The van der Waals surface area contributed by atoms with Gasteiger partial charge in [-0.1, -0.05) is 36.4 Å². The number of likely N-dealkylation sites (tertiary alicyclic amines) is 1.